The van der Waals surface area contributed by atoms with Gasteiger partial charge in [0.15, 0.2) is 6.61 Å². The molecule has 6 heteroatoms. The van der Waals surface area contributed by atoms with Crippen LogP contribution in [0.15, 0.2) is 54.7 Å². The van der Waals surface area contributed by atoms with Crippen LogP contribution in [0.4, 0.5) is 5.69 Å². The van der Waals surface area contributed by atoms with Crippen molar-refractivity contribution in [3.05, 3.63) is 71.5 Å². The van der Waals surface area contributed by atoms with E-state index in [0.717, 1.165) is 28.3 Å². The topological polar surface area (TPSA) is 60.2 Å². The van der Waals surface area contributed by atoms with E-state index < -0.39 is 0 Å². The zero-order valence-corrected chi connectivity index (χ0v) is 13.9. The molecule has 0 bridgehead atoms. The molecule has 0 saturated carbocycles. The number of hydrogen-bond donors (Lipinski definition) is 0. The molecule has 0 radical (unpaired) electrons. The Bertz CT molecular complexity index is 905. The van der Waals surface area contributed by atoms with E-state index in [0.29, 0.717) is 13.1 Å². The fraction of sp³-hybridized carbons (Fsp3) is 0.211. The van der Waals surface area contributed by atoms with Crippen molar-refractivity contribution in [1.82, 2.24) is 15.0 Å². The van der Waals surface area contributed by atoms with Crippen LogP contribution in [-0.2, 0) is 17.9 Å². The van der Waals surface area contributed by atoms with Crippen molar-refractivity contribution in [3.63, 3.8) is 0 Å². The highest BCUT2D eigenvalue weighted by Gasteiger charge is 2.26. The maximum absolute atomic E-state index is 12.3. The molecule has 1 aromatic heterocycles. The highest BCUT2D eigenvalue weighted by Crippen LogP contribution is 2.33. The molecule has 0 fully saturated rings. The highest BCUT2D eigenvalue weighted by atomic mass is 16.5. The molecule has 1 aliphatic heterocycles. The third-order valence-corrected chi connectivity index (χ3v) is 4.15. The second-order valence-corrected chi connectivity index (χ2v) is 6.13. The number of carbonyl (C=O) groups excluding carboxylic acids is 1. The van der Waals surface area contributed by atoms with Crippen LogP contribution >= 0.6 is 0 Å². The number of rotatable bonds is 4. The smallest absolute Gasteiger partial charge is 0.265 e. The molecule has 2 aromatic carbocycles. The average molecular weight is 334 g/mol. The first-order valence-electron chi connectivity index (χ1n) is 8.16. The number of fused-ring (bicyclic) bond motifs is 1. The lowest BCUT2D eigenvalue weighted by molar-refractivity contribution is -0.121. The lowest BCUT2D eigenvalue weighted by Gasteiger charge is -2.29. The van der Waals surface area contributed by atoms with Crippen LogP contribution < -0.4 is 9.64 Å². The van der Waals surface area contributed by atoms with E-state index in [-0.39, 0.29) is 12.5 Å². The molecule has 0 saturated heterocycles. The molecule has 6 nitrogen and oxygen atoms in total. The molecule has 2 heterocycles. The number of anilines is 1. The normalized spacial score (nSPS) is 13.5. The Hall–Kier alpha value is -3.15. The quantitative estimate of drug-likeness (QED) is 0.736. The van der Waals surface area contributed by atoms with E-state index in [9.17, 15) is 4.79 Å². The Morgan fingerprint density at radius 2 is 1.96 bits per heavy atom. The van der Waals surface area contributed by atoms with Gasteiger partial charge in [0.2, 0.25) is 0 Å². The van der Waals surface area contributed by atoms with Gasteiger partial charge in [0.25, 0.3) is 5.91 Å². The number of benzene rings is 2. The first kappa shape index (κ1) is 15.4. The van der Waals surface area contributed by atoms with E-state index in [1.54, 1.807) is 9.58 Å². The Morgan fingerprint density at radius 1 is 1.12 bits per heavy atom. The summed E-state index contributed by atoms with van der Waals surface area (Å²) in [7, 11) is 0. The number of nitrogens with zero attached hydrogens (tertiary/aromatic N) is 4. The van der Waals surface area contributed by atoms with Crippen molar-refractivity contribution in [1.29, 1.82) is 0 Å². The number of ether oxygens (including phenoxy) is 1. The van der Waals surface area contributed by atoms with Gasteiger partial charge in [-0.2, -0.15) is 0 Å². The molecule has 4 rings (SSSR count). The van der Waals surface area contributed by atoms with Gasteiger partial charge in [-0.05, 0) is 30.2 Å². The lowest BCUT2D eigenvalue weighted by Crippen LogP contribution is -2.38. The van der Waals surface area contributed by atoms with E-state index in [4.69, 9.17) is 4.74 Å². The zero-order valence-electron chi connectivity index (χ0n) is 13.9. The Labute approximate surface area is 145 Å². The van der Waals surface area contributed by atoms with Crippen LogP contribution in [-0.4, -0.2) is 27.5 Å². The molecule has 0 aliphatic carbocycles. The highest BCUT2D eigenvalue weighted by molar-refractivity contribution is 5.97. The Morgan fingerprint density at radius 3 is 2.80 bits per heavy atom. The van der Waals surface area contributed by atoms with Crippen molar-refractivity contribution >= 4 is 11.6 Å². The molecule has 0 N–H and O–H groups in total. The second kappa shape index (κ2) is 6.39. The van der Waals surface area contributed by atoms with Gasteiger partial charge in [-0.3, -0.25) is 9.69 Å². The summed E-state index contributed by atoms with van der Waals surface area (Å²) >= 11 is 0. The van der Waals surface area contributed by atoms with Crippen molar-refractivity contribution in [2.24, 2.45) is 0 Å². The first-order chi connectivity index (χ1) is 12.2. The molecule has 0 atom stereocenters. The average Bonchev–Trinajstić information content (AvgIpc) is 3.05. The lowest BCUT2D eigenvalue weighted by atomic mass is 10.1. The summed E-state index contributed by atoms with van der Waals surface area (Å²) in [6.07, 6.45) is 1.88. The molecule has 0 spiro atoms. The SMILES string of the molecule is Cc1ccc2c(c1)N(Cc1cn(Cc3ccccc3)nn1)C(=O)CO2. The summed E-state index contributed by atoms with van der Waals surface area (Å²) in [5, 5.41) is 8.39. The third-order valence-electron chi connectivity index (χ3n) is 4.15. The van der Waals surface area contributed by atoms with Gasteiger partial charge in [-0.15, -0.1) is 5.10 Å². The van der Waals surface area contributed by atoms with E-state index in [2.05, 4.69) is 10.3 Å². The van der Waals surface area contributed by atoms with Gasteiger partial charge < -0.3 is 4.74 Å². The van der Waals surface area contributed by atoms with Crippen molar-refractivity contribution < 1.29 is 9.53 Å². The number of hydrogen-bond acceptors (Lipinski definition) is 4. The predicted molar refractivity (Wildman–Crippen MR) is 93.4 cm³/mol. The minimum Gasteiger partial charge on any atom is -0.482 e. The van der Waals surface area contributed by atoms with Crippen LogP contribution in [0.1, 0.15) is 16.8 Å². The van der Waals surface area contributed by atoms with Gasteiger partial charge >= 0.3 is 0 Å². The first-order valence-corrected chi connectivity index (χ1v) is 8.16. The summed E-state index contributed by atoms with van der Waals surface area (Å²) in [5.74, 6) is 0.651. The monoisotopic (exact) mass is 334 g/mol. The standard InChI is InChI=1S/C19H18N4O2/c1-14-7-8-18-17(9-14)23(19(24)13-25-18)12-16-11-22(21-20-16)10-15-5-3-2-4-6-15/h2-9,11H,10,12-13H2,1H3. The van der Waals surface area contributed by atoms with Gasteiger partial charge in [0.1, 0.15) is 11.4 Å². The summed E-state index contributed by atoms with van der Waals surface area (Å²) in [6, 6.07) is 15.9. The van der Waals surface area contributed by atoms with Crippen LogP contribution in [0, 0.1) is 6.92 Å². The number of aromatic nitrogens is 3. The molecular weight excluding hydrogens is 316 g/mol. The Balaban J connectivity index is 1.55. The summed E-state index contributed by atoms with van der Waals surface area (Å²) in [5.41, 5.74) is 3.77. The van der Waals surface area contributed by atoms with Gasteiger partial charge in [-0.25, -0.2) is 4.68 Å². The summed E-state index contributed by atoms with van der Waals surface area (Å²) in [6.45, 7) is 3.08. The summed E-state index contributed by atoms with van der Waals surface area (Å²) in [4.78, 5) is 14.0. The van der Waals surface area contributed by atoms with Crippen LogP contribution in [0.5, 0.6) is 5.75 Å². The van der Waals surface area contributed by atoms with E-state index >= 15 is 0 Å². The third kappa shape index (κ3) is 3.24. The minimum atomic E-state index is -0.0734. The molecule has 0 unspecified atom stereocenters. The van der Waals surface area contributed by atoms with Gasteiger partial charge in [0.05, 0.1) is 25.0 Å². The number of carbonyl (C=O) groups is 1. The Kier molecular flexibility index (Phi) is 3.93. The maximum Gasteiger partial charge on any atom is 0.265 e. The van der Waals surface area contributed by atoms with Crippen LogP contribution in [0.25, 0.3) is 0 Å². The van der Waals surface area contributed by atoms with Gasteiger partial charge in [0, 0.05) is 0 Å². The molecule has 126 valence electrons. The van der Waals surface area contributed by atoms with E-state index in [1.807, 2.05) is 61.7 Å². The molecule has 3 aromatic rings. The van der Waals surface area contributed by atoms with E-state index in [1.165, 1.54) is 0 Å². The largest absolute Gasteiger partial charge is 0.482 e. The molecular formula is C19H18N4O2. The summed E-state index contributed by atoms with van der Waals surface area (Å²) < 4.78 is 7.29. The van der Waals surface area contributed by atoms with Crippen molar-refractivity contribution in [2.75, 3.05) is 11.5 Å². The molecule has 1 aliphatic rings. The fourth-order valence-corrected chi connectivity index (χ4v) is 2.91. The van der Waals surface area contributed by atoms with Crippen LogP contribution in [0.2, 0.25) is 0 Å². The molecule has 1 amide bonds. The predicted octanol–water partition coefficient (Wildman–Crippen LogP) is 2.56. The zero-order chi connectivity index (χ0) is 17.2. The maximum atomic E-state index is 12.3. The molecule has 25 heavy (non-hydrogen) atoms. The second-order valence-electron chi connectivity index (χ2n) is 6.13. The number of amides is 1. The van der Waals surface area contributed by atoms with Crippen molar-refractivity contribution in [2.45, 2.75) is 20.0 Å². The fourth-order valence-electron chi connectivity index (χ4n) is 2.91. The number of aryl methyl sites for hydroxylation is 1. The minimum absolute atomic E-state index is 0.0498. The van der Waals surface area contributed by atoms with Crippen LogP contribution in [0.3, 0.4) is 0 Å². The van der Waals surface area contributed by atoms with Gasteiger partial charge in [-0.1, -0.05) is 41.6 Å². The van der Waals surface area contributed by atoms with Crippen molar-refractivity contribution in [3.8, 4) is 5.75 Å².